The molecule has 2 fully saturated rings. The van der Waals surface area contributed by atoms with Crippen LogP contribution in [-0.2, 0) is 6.42 Å². The van der Waals surface area contributed by atoms with Gasteiger partial charge in [0.1, 0.15) is 0 Å². The Morgan fingerprint density at radius 1 is 0.870 bits per heavy atom. The van der Waals surface area contributed by atoms with Gasteiger partial charge in [-0.1, -0.05) is 29.8 Å². The van der Waals surface area contributed by atoms with E-state index in [-0.39, 0.29) is 0 Å². The molecule has 2 saturated heterocycles. The summed E-state index contributed by atoms with van der Waals surface area (Å²) >= 11 is 0. The normalized spacial score (nSPS) is 21.1. The first kappa shape index (κ1) is 17.0. The number of hydrogen-bond donors (Lipinski definition) is 0. The largest absolute Gasteiger partial charge is 0.303 e. The van der Waals surface area contributed by atoms with Crippen molar-refractivity contribution in [1.82, 2.24) is 9.80 Å². The summed E-state index contributed by atoms with van der Waals surface area (Å²) in [6.45, 7) is 10.1. The van der Waals surface area contributed by atoms with Crippen LogP contribution in [0.4, 0.5) is 0 Å². The molecule has 1 aromatic rings. The van der Waals surface area contributed by atoms with Gasteiger partial charge in [0.05, 0.1) is 0 Å². The highest BCUT2D eigenvalue weighted by Gasteiger charge is 2.19. The van der Waals surface area contributed by atoms with Crippen molar-refractivity contribution < 1.29 is 0 Å². The van der Waals surface area contributed by atoms with E-state index < -0.39 is 0 Å². The number of rotatable bonds is 7. The van der Waals surface area contributed by atoms with Crippen LogP contribution < -0.4 is 0 Å². The van der Waals surface area contributed by atoms with Crippen LogP contribution in [0.15, 0.2) is 24.3 Å². The van der Waals surface area contributed by atoms with Gasteiger partial charge in [-0.25, -0.2) is 0 Å². The van der Waals surface area contributed by atoms with E-state index in [1.54, 1.807) is 0 Å². The Morgan fingerprint density at radius 2 is 1.52 bits per heavy atom. The van der Waals surface area contributed by atoms with Gasteiger partial charge in [-0.15, -0.1) is 0 Å². The van der Waals surface area contributed by atoms with Crippen LogP contribution in [0.5, 0.6) is 0 Å². The average molecular weight is 315 g/mol. The fraction of sp³-hybridized carbons (Fsp3) is 0.714. The summed E-state index contributed by atoms with van der Waals surface area (Å²) in [4.78, 5) is 5.34. The first-order valence-electron chi connectivity index (χ1n) is 9.80. The van der Waals surface area contributed by atoms with Crippen LogP contribution in [0.25, 0.3) is 0 Å². The third kappa shape index (κ3) is 5.61. The molecule has 0 radical (unpaired) electrons. The summed E-state index contributed by atoms with van der Waals surface area (Å²) in [7, 11) is 0. The second-order valence-electron chi connectivity index (χ2n) is 7.71. The predicted molar refractivity (Wildman–Crippen MR) is 99.0 cm³/mol. The number of hydrogen-bond acceptors (Lipinski definition) is 2. The highest BCUT2D eigenvalue weighted by molar-refractivity contribution is 5.21. The first-order chi connectivity index (χ1) is 11.3. The quantitative estimate of drug-likeness (QED) is 0.747. The zero-order valence-electron chi connectivity index (χ0n) is 15.0. The topological polar surface area (TPSA) is 6.48 Å². The van der Waals surface area contributed by atoms with Crippen LogP contribution in [0, 0.1) is 12.8 Å². The molecule has 2 nitrogen and oxygen atoms in total. The minimum atomic E-state index is 0.994. The summed E-state index contributed by atoms with van der Waals surface area (Å²) in [5, 5.41) is 0. The fourth-order valence-electron chi connectivity index (χ4n) is 4.15. The Morgan fingerprint density at radius 3 is 2.22 bits per heavy atom. The van der Waals surface area contributed by atoms with Gasteiger partial charge in [0.25, 0.3) is 0 Å². The van der Waals surface area contributed by atoms with E-state index in [1.165, 1.54) is 95.3 Å². The Balaban J connectivity index is 1.28. The molecule has 0 spiro atoms. The van der Waals surface area contributed by atoms with Crippen molar-refractivity contribution in [3.63, 3.8) is 0 Å². The third-order valence-electron chi connectivity index (χ3n) is 5.83. The molecular weight excluding hydrogens is 280 g/mol. The molecule has 2 heterocycles. The molecule has 0 atom stereocenters. The highest BCUT2D eigenvalue weighted by atomic mass is 15.1. The molecule has 0 amide bonds. The van der Waals surface area contributed by atoms with Crippen LogP contribution in [-0.4, -0.2) is 49.1 Å². The van der Waals surface area contributed by atoms with Crippen LogP contribution >= 0.6 is 0 Å². The number of nitrogens with zero attached hydrogens (tertiary/aromatic N) is 2. The second-order valence-corrected chi connectivity index (χ2v) is 7.71. The van der Waals surface area contributed by atoms with Crippen molar-refractivity contribution in [2.75, 3.05) is 39.3 Å². The average Bonchev–Trinajstić information content (AvgIpc) is 3.09. The maximum Gasteiger partial charge on any atom is 0.00218 e. The Kier molecular flexibility index (Phi) is 6.53. The molecule has 0 aromatic heterocycles. The summed E-state index contributed by atoms with van der Waals surface area (Å²) in [6.07, 6.45) is 9.80. The summed E-state index contributed by atoms with van der Waals surface area (Å²) in [5.41, 5.74) is 2.85. The van der Waals surface area contributed by atoms with E-state index in [1.807, 2.05) is 0 Å². The van der Waals surface area contributed by atoms with E-state index in [0.29, 0.717) is 0 Å². The molecule has 23 heavy (non-hydrogen) atoms. The van der Waals surface area contributed by atoms with Gasteiger partial charge in [0, 0.05) is 6.54 Å². The molecule has 2 aliphatic rings. The zero-order chi connectivity index (χ0) is 15.9. The van der Waals surface area contributed by atoms with E-state index in [9.17, 15) is 0 Å². The van der Waals surface area contributed by atoms with Crippen molar-refractivity contribution >= 4 is 0 Å². The summed E-state index contributed by atoms with van der Waals surface area (Å²) in [5.74, 6) is 0.994. The summed E-state index contributed by atoms with van der Waals surface area (Å²) in [6, 6.07) is 9.06. The predicted octanol–water partition coefficient (Wildman–Crippen LogP) is 4.13. The molecule has 0 aliphatic carbocycles. The van der Waals surface area contributed by atoms with Gasteiger partial charge < -0.3 is 9.80 Å². The summed E-state index contributed by atoms with van der Waals surface area (Å²) < 4.78 is 0. The molecule has 1 aromatic carbocycles. The number of aryl methyl sites for hydroxylation is 1. The van der Waals surface area contributed by atoms with Crippen LogP contribution in [0.1, 0.15) is 49.7 Å². The number of benzene rings is 1. The fourth-order valence-corrected chi connectivity index (χ4v) is 4.15. The van der Waals surface area contributed by atoms with E-state index >= 15 is 0 Å². The maximum absolute atomic E-state index is 2.68. The van der Waals surface area contributed by atoms with Gasteiger partial charge in [-0.3, -0.25) is 0 Å². The Bertz CT molecular complexity index is 439. The molecule has 128 valence electrons. The van der Waals surface area contributed by atoms with Crippen molar-refractivity contribution in [2.24, 2.45) is 5.92 Å². The SMILES string of the molecule is Cc1ccc(CCN2CCC(CCCN3CCCC3)CC2)cc1. The van der Waals surface area contributed by atoms with Gasteiger partial charge in [0.15, 0.2) is 0 Å². The minimum Gasteiger partial charge on any atom is -0.303 e. The van der Waals surface area contributed by atoms with Crippen LogP contribution in [0.2, 0.25) is 0 Å². The lowest BCUT2D eigenvalue weighted by Gasteiger charge is -2.32. The first-order valence-corrected chi connectivity index (χ1v) is 9.80. The van der Waals surface area contributed by atoms with Gasteiger partial charge >= 0.3 is 0 Å². The molecule has 2 heteroatoms. The van der Waals surface area contributed by atoms with Crippen molar-refractivity contribution in [2.45, 2.75) is 51.9 Å². The van der Waals surface area contributed by atoms with Gasteiger partial charge in [0.2, 0.25) is 0 Å². The maximum atomic E-state index is 2.68. The minimum absolute atomic E-state index is 0.994. The lowest BCUT2D eigenvalue weighted by atomic mass is 9.92. The zero-order valence-corrected chi connectivity index (χ0v) is 15.0. The highest BCUT2D eigenvalue weighted by Crippen LogP contribution is 2.22. The Labute approximate surface area is 142 Å². The Hall–Kier alpha value is -0.860. The molecule has 3 rings (SSSR count). The van der Waals surface area contributed by atoms with Crippen LogP contribution in [0.3, 0.4) is 0 Å². The van der Waals surface area contributed by atoms with Crippen molar-refractivity contribution in [3.05, 3.63) is 35.4 Å². The lowest BCUT2D eigenvalue weighted by molar-refractivity contribution is 0.176. The molecule has 2 aliphatic heterocycles. The standard InChI is InChI=1S/C21H34N2/c1-19-6-8-21(9-7-19)12-18-23-16-10-20(11-17-23)5-4-15-22-13-2-3-14-22/h6-9,20H,2-5,10-18H2,1H3. The third-order valence-corrected chi connectivity index (χ3v) is 5.83. The molecule has 0 N–H and O–H groups in total. The van der Waals surface area contributed by atoms with E-state index in [0.717, 1.165) is 5.92 Å². The molecule has 0 bridgehead atoms. The van der Waals surface area contributed by atoms with Crippen molar-refractivity contribution in [1.29, 1.82) is 0 Å². The number of likely N-dealkylation sites (tertiary alicyclic amines) is 2. The second kappa shape index (κ2) is 8.84. The monoisotopic (exact) mass is 314 g/mol. The van der Waals surface area contributed by atoms with Crippen molar-refractivity contribution in [3.8, 4) is 0 Å². The van der Waals surface area contributed by atoms with E-state index in [4.69, 9.17) is 0 Å². The number of piperidine rings is 1. The molecular formula is C21H34N2. The van der Waals surface area contributed by atoms with Gasteiger partial charge in [-0.05, 0) is 96.1 Å². The van der Waals surface area contributed by atoms with Gasteiger partial charge in [-0.2, -0.15) is 0 Å². The molecule has 0 saturated carbocycles. The lowest BCUT2D eigenvalue weighted by Crippen LogP contribution is -2.35. The molecule has 0 unspecified atom stereocenters. The smallest absolute Gasteiger partial charge is 0.00218 e. The van der Waals surface area contributed by atoms with E-state index in [2.05, 4.69) is 41.0 Å².